The minimum absolute atomic E-state index is 0.145. The molecule has 0 saturated heterocycles. The highest BCUT2D eigenvalue weighted by atomic mass is 79.9. The SMILES string of the molecule is O=C(Nc1nn(Cc2c(F)cccc2Cl)cc1Br)c1ccc(-c2ccccc2)cc1. The van der Waals surface area contributed by atoms with Crippen molar-refractivity contribution in [2.75, 3.05) is 5.32 Å². The first-order valence-corrected chi connectivity index (χ1v) is 10.3. The number of amides is 1. The molecule has 150 valence electrons. The van der Waals surface area contributed by atoms with Gasteiger partial charge in [0.25, 0.3) is 5.91 Å². The number of anilines is 1. The number of halogens is 3. The minimum Gasteiger partial charge on any atom is -0.304 e. The molecule has 4 nitrogen and oxygen atoms in total. The van der Waals surface area contributed by atoms with Gasteiger partial charge < -0.3 is 5.32 Å². The first kappa shape index (κ1) is 20.3. The van der Waals surface area contributed by atoms with Gasteiger partial charge in [0.15, 0.2) is 5.82 Å². The van der Waals surface area contributed by atoms with Crippen LogP contribution in [0.2, 0.25) is 5.02 Å². The molecule has 1 heterocycles. The van der Waals surface area contributed by atoms with Crippen LogP contribution in [0.5, 0.6) is 0 Å². The quantitative estimate of drug-likeness (QED) is 0.356. The smallest absolute Gasteiger partial charge is 0.256 e. The summed E-state index contributed by atoms with van der Waals surface area (Å²) in [5.74, 6) is -0.345. The van der Waals surface area contributed by atoms with Crippen molar-refractivity contribution >= 4 is 39.3 Å². The number of aromatic nitrogens is 2. The van der Waals surface area contributed by atoms with Crippen LogP contribution in [0.3, 0.4) is 0 Å². The summed E-state index contributed by atoms with van der Waals surface area (Å²) in [7, 11) is 0. The van der Waals surface area contributed by atoms with Gasteiger partial charge in [-0.3, -0.25) is 9.48 Å². The monoisotopic (exact) mass is 483 g/mol. The molecule has 1 amide bonds. The van der Waals surface area contributed by atoms with Gasteiger partial charge in [-0.05, 0) is 51.3 Å². The van der Waals surface area contributed by atoms with Crippen molar-refractivity contribution in [2.24, 2.45) is 0 Å². The van der Waals surface area contributed by atoms with Gasteiger partial charge in [-0.1, -0.05) is 60.1 Å². The Bertz CT molecular complexity index is 1170. The fraction of sp³-hybridized carbons (Fsp3) is 0.0435. The maximum atomic E-state index is 14.0. The number of carbonyl (C=O) groups is 1. The van der Waals surface area contributed by atoms with Crippen LogP contribution in [0.1, 0.15) is 15.9 Å². The zero-order valence-electron chi connectivity index (χ0n) is 15.6. The molecule has 0 fully saturated rings. The van der Waals surface area contributed by atoms with Crippen molar-refractivity contribution in [3.63, 3.8) is 0 Å². The van der Waals surface area contributed by atoms with Crippen molar-refractivity contribution in [1.82, 2.24) is 9.78 Å². The van der Waals surface area contributed by atoms with Gasteiger partial charge in [0.1, 0.15) is 5.82 Å². The van der Waals surface area contributed by atoms with Gasteiger partial charge in [-0.15, -0.1) is 0 Å². The number of rotatable bonds is 5. The molecule has 1 aromatic heterocycles. The van der Waals surface area contributed by atoms with Crippen molar-refractivity contribution in [3.8, 4) is 11.1 Å². The zero-order valence-corrected chi connectivity index (χ0v) is 18.0. The van der Waals surface area contributed by atoms with E-state index in [1.165, 1.54) is 10.7 Å². The standard InChI is InChI=1S/C23H16BrClFN3O/c24-19-14-29(13-18-20(25)7-4-8-21(18)26)28-22(19)27-23(30)17-11-9-16(10-12-17)15-5-2-1-3-6-15/h1-12,14H,13H2,(H,27,28,30). The summed E-state index contributed by atoms with van der Waals surface area (Å²) in [4.78, 5) is 12.6. The van der Waals surface area contributed by atoms with Gasteiger partial charge in [-0.2, -0.15) is 5.10 Å². The third kappa shape index (κ3) is 4.45. The van der Waals surface area contributed by atoms with Gasteiger partial charge in [0, 0.05) is 22.3 Å². The Hall–Kier alpha value is -2.96. The van der Waals surface area contributed by atoms with Crippen molar-refractivity contribution in [3.05, 3.63) is 105 Å². The van der Waals surface area contributed by atoms with Gasteiger partial charge in [-0.25, -0.2) is 4.39 Å². The number of benzene rings is 3. The molecule has 4 aromatic rings. The third-order valence-corrected chi connectivity index (χ3v) is 5.52. The molecule has 0 aliphatic rings. The molecule has 1 N–H and O–H groups in total. The molecule has 7 heteroatoms. The molecule has 0 aliphatic carbocycles. The molecule has 30 heavy (non-hydrogen) atoms. The van der Waals surface area contributed by atoms with Crippen molar-refractivity contribution in [1.29, 1.82) is 0 Å². The lowest BCUT2D eigenvalue weighted by atomic mass is 10.0. The molecule has 0 spiro atoms. The second-order valence-corrected chi connectivity index (χ2v) is 7.88. The first-order chi connectivity index (χ1) is 14.5. The van der Waals surface area contributed by atoms with E-state index in [4.69, 9.17) is 11.6 Å². The zero-order chi connectivity index (χ0) is 21.1. The number of nitrogens with one attached hydrogen (secondary N) is 1. The average molecular weight is 485 g/mol. The van der Waals surface area contributed by atoms with E-state index in [2.05, 4.69) is 26.3 Å². The van der Waals surface area contributed by atoms with E-state index in [0.717, 1.165) is 11.1 Å². The molecule has 3 aromatic carbocycles. The Morgan fingerprint density at radius 2 is 1.70 bits per heavy atom. The molecule has 0 bridgehead atoms. The van der Waals surface area contributed by atoms with Crippen molar-refractivity contribution < 1.29 is 9.18 Å². The second-order valence-electron chi connectivity index (χ2n) is 6.62. The van der Waals surface area contributed by atoms with Crippen LogP contribution in [0.15, 0.2) is 83.5 Å². The van der Waals surface area contributed by atoms with E-state index in [-0.39, 0.29) is 12.5 Å². The Morgan fingerprint density at radius 3 is 2.40 bits per heavy atom. The van der Waals surface area contributed by atoms with E-state index < -0.39 is 5.82 Å². The van der Waals surface area contributed by atoms with Gasteiger partial charge >= 0.3 is 0 Å². The van der Waals surface area contributed by atoms with Crippen LogP contribution in [0, 0.1) is 5.82 Å². The lowest BCUT2D eigenvalue weighted by Crippen LogP contribution is -2.13. The molecular weight excluding hydrogens is 469 g/mol. The topological polar surface area (TPSA) is 46.9 Å². The first-order valence-electron chi connectivity index (χ1n) is 9.14. The summed E-state index contributed by atoms with van der Waals surface area (Å²) in [5, 5.41) is 7.43. The summed E-state index contributed by atoms with van der Waals surface area (Å²) >= 11 is 9.47. The molecule has 0 radical (unpaired) electrons. The van der Waals surface area contributed by atoms with E-state index in [0.29, 0.717) is 26.4 Å². The fourth-order valence-electron chi connectivity index (χ4n) is 3.03. The number of hydrogen-bond donors (Lipinski definition) is 1. The summed E-state index contributed by atoms with van der Waals surface area (Å²) in [6.07, 6.45) is 1.66. The van der Waals surface area contributed by atoms with E-state index in [9.17, 15) is 9.18 Å². The van der Waals surface area contributed by atoms with Crippen LogP contribution >= 0.6 is 27.5 Å². The largest absolute Gasteiger partial charge is 0.304 e. The minimum atomic E-state index is -0.404. The van der Waals surface area contributed by atoms with E-state index in [1.54, 1.807) is 30.5 Å². The molecular formula is C23H16BrClFN3O. The average Bonchev–Trinajstić information content (AvgIpc) is 3.10. The lowest BCUT2D eigenvalue weighted by Gasteiger charge is -2.06. The normalized spacial score (nSPS) is 10.8. The van der Waals surface area contributed by atoms with Crippen molar-refractivity contribution in [2.45, 2.75) is 6.54 Å². The van der Waals surface area contributed by atoms with Crippen LogP contribution in [-0.4, -0.2) is 15.7 Å². The highest BCUT2D eigenvalue weighted by Crippen LogP contribution is 2.25. The number of hydrogen-bond acceptors (Lipinski definition) is 2. The Labute approximate surface area is 186 Å². The molecule has 0 saturated carbocycles. The van der Waals surface area contributed by atoms with Crippen LogP contribution in [0.4, 0.5) is 10.2 Å². The van der Waals surface area contributed by atoms with Gasteiger partial charge in [0.2, 0.25) is 0 Å². The summed E-state index contributed by atoms with van der Waals surface area (Å²) in [6, 6.07) is 21.8. The third-order valence-electron chi connectivity index (χ3n) is 4.58. The molecule has 4 rings (SSSR count). The maximum Gasteiger partial charge on any atom is 0.256 e. The molecule has 0 atom stereocenters. The van der Waals surface area contributed by atoms with E-state index in [1.807, 2.05) is 42.5 Å². The predicted molar refractivity (Wildman–Crippen MR) is 120 cm³/mol. The van der Waals surface area contributed by atoms with Crippen LogP contribution in [-0.2, 0) is 6.54 Å². The molecule has 0 unspecified atom stereocenters. The fourth-order valence-corrected chi connectivity index (χ4v) is 3.67. The maximum absolute atomic E-state index is 14.0. The number of carbonyl (C=O) groups excluding carboxylic acids is 1. The second kappa shape index (κ2) is 8.81. The summed E-state index contributed by atoms with van der Waals surface area (Å²) in [6.45, 7) is 0.145. The summed E-state index contributed by atoms with van der Waals surface area (Å²) in [5.41, 5.74) is 2.95. The summed E-state index contributed by atoms with van der Waals surface area (Å²) < 4.78 is 16.1. The number of nitrogens with zero attached hydrogens (tertiary/aromatic N) is 2. The highest BCUT2D eigenvalue weighted by molar-refractivity contribution is 9.10. The van der Waals surface area contributed by atoms with Crippen LogP contribution in [0.25, 0.3) is 11.1 Å². The van der Waals surface area contributed by atoms with Crippen LogP contribution < -0.4 is 5.32 Å². The Kier molecular flexibility index (Phi) is 5.97. The predicted octanol–water partition coefficient (Wildman–Crippen LogP) is 6.41. The lowest BCUT2D eigenvalue weighted by molar-refractivity contribution is 0.102. The van der Waals surface area contributed by atoms with Gasteiger partial charge in [0.05, 0.1) is 11.0 Å². The highest BCUT2D eigenvalue weighted by Gasteiger charge is 2.14. The Morgan fingerprint density at radius 1 is 1.00 bits per heavy atom. The molecule has 0 aliphatic heterocycles. The van der Waals surface area contributed by atoms with E-state index >= 15 is 0 Å². The Balaban J connectivity index is 1.49.